The van der Waals surface area contributed by atoms with Crippen molar-refractivity contribution in [2.75, 3.05) is 31.3 Å². The summed E-state index contributed by atoms with van der Waals surface area (Å²) in [6.07, 6.45) is 1.51. The predicted octanol–water partition coefficient (Wildman–Crippen LogP) is 1.36. The molecule has 15 heavy (non-hydrogen) atoms. The van der Waals surface area contributed by atoms with Crippen molar-refractivity contribution in [3.8, 4) is 0 Å². The Morgan fingerprint density at radius 1 is 1.47 bits per heavy atom. The van der Waals surface area contributed by atoms with Gasteiger partial charge in [0.15, 0.2) is 0 Å². The van der Waals surface area contributed by atoms with E-state index >= 15 is 0 Å². The molecule has 1 N–H and O–H groups in total. The SMILES string of the molecule is COCCCS(=O)(=O)NCC(C)CCBr. The van der Waals surface area contributed by atoms with E-state index in [-0.39, 0.29) is 5.75 Å². The molecule has 0 bridgehead atoms. The fraction of sp³-hybridized carbons (Fsp3) is 1.00. The summed E-state index contributed by atoms with van der Waals surface area (Å²) in [5.74, 6) is 0.503. The van der Waals surface area contributed by atoms with Gasteiger partial charge in [0, 0.05) is 25.6 Å². The van der Waals surface area contributed by atoms with Crippen molar-refractivity contribution in [1.29, 1.82) is 0 Å². The molecule has 0 radical (unpaired) electrons. The van der Waals surface area contributed by atoms with Crippen molar-refractivity contribution in [2.45, 2.75) is 19.8 Å². The number of alkyl halides is 1. The van der Waals surface area contributed by atoms with Gasteiger partial charge < -0.3 is 4.74 Å². The molecule has 0 aromatic carbocycles. The number of rotatable bonds is 9. The van der Waals surface area contributed by atoms with Crippen LogP contribution in [-0.2, 0) is 14.8 Å². The maximum atomic E-state index is 11.4. The van der Waals surface area contributed by atoms with Gasteiger partial charge in [-0.2, -0.15) is 0 Å². The van der Waals surface area contributed by atoms with Gasteiger partial charge >= 0.3 is 0 Å². The van der Waals surface area contributed by atoms with Crippen molar-refractivity contribution >= 4 is 26.0 Å². The summed E-state index contributed by atoms with van der Waals surface area (Å²) in [5.41, 5.74) is 0. The Hall–Kier alpha value is 0.350. The maximum Gasteiger partial charge on any atom is 0.211 e. The zero-order chi connectivity index (χ0) is 11.7. The molecule has 0 fully saturated rings. The van der Waals surface area contributed by atoms with E-state index in [1.54, 1.807) is 7.11 Å². The minimum absolute atomic E-state index is 0.141. The van der Waals surface area contributed by atoms with Crippen molar-refractivity contribution in [2.24, 2.45) is 5.92 Å². The summed E-state index contributed by atoms with van der Waals surface area (Å²) in [6.45, 7) is 3.03. The summed E-state index contributed by atoms with van der Waals surface area (Å²) in [4.78, 5) is 0. The highest BCUT2D eigenvalue weighted by Crippen LogP contribution is 2.03. The first-order valence-corrected chi connectivity index (χ1v) is 7.81. The Labute approximate surface area is 101 Å². The average molecular weight is 302 g/mol. The molecule has 0 aromatic rings. The van der Waals surface area contributed by atoms with Gasteiger partial charge in [-0.15, -0.1) is 0 Å². The van der Waals surface area contributed by atoms with Crippen LogP contribution in [0.3, 0.4) is 0 Å². The van der Waals surface area contributed by atoms with Crippen LogP contribution in [0.15, 0.2) is 0 Å². The topological polar surface area (TPSA) is 55.4 Å². The van der Waals surface area contributed by atoms with E-state index in [2.05, 4.69) is 20.7 Å². The van der Waals surface area contributed by atoms with E-state index in [1.807, 2.05) is 6.92 Å². The third-order valence-corrected chi connectivity index (χ3v) is 3.91. The van der Waals surface area contributed by atoms with Crippen LogP contribution in [0, 0.1) is 5.92 Å². The molecule has 0 aromatic heterocycles. The van der Waals surface area contributed by atoms with Gasteiger partial charge in [-0.1, -0.05) is 22.9 Å². The first-order valence-electron chi connectivity index (χ1n) is 5.04. The molecule has 1 unspecified atom stereocenters. The van der Waals surface area contributed by atoms with E-state index in [0.29, 0.717) is 25.5 Å². The van der Waals surface area contributed by atoms with Crippen molar-refractivity contribution in [1.82, 2.24) is 4.72 Å². The number of sulfonamides is 1. The second kappa shape index (κ2) is 8.50. The first kappa shape index (κ1) is 15.3. The van der Waals surface area contributed by atoms with Crippen LogP contribution in [0.2, 0.25) is 0 Å². The van der Waals surface area contributed by atoms with Gasteiger partial charge in [-0.25, -0.2) is 13.1 Å². The third kappa shape index (κ3) is 9.29. The Bertz CT molecular complexity index is 244. The number of hydrogen-bond acceptors (Lipinski definition) is 3. The number of halogens is 1. The molecule has 0 aliphatic carbocycles. The standard InChI is InChI=1S/C9H20BrNO3S/c1-9(4-5-10)8-11-15(12,13)7-3-6-14-2/h9,11H,3-8H2,1-2H3. The van der Waals surface area contributed by atoms with Gasteiger partial charge in [0.1, 0.15) is 0 Å². The summed E-state index contributed by atoms with van der Waals surface area (Å²) in [5, 5.41) is 0.902. The van der Waals surface area contributed by atoms with E-state index in [1.165, 1.54) is 0 Å². The third-order valence-electron chi connectivity index (χ3n) is 2.02. The molecule has 4 nitrogen and oxygen atoms in total. The highest BCUT2D eigenvalue weighted by molar-refractivity contribution is 9.09. The second-order valence-electron chi connectivity index (χ2n) is 3.60. The lowest BCUT2D eigenvalue weighted by molar-refractivity contribution is 0.199. The van der Waals surface area contributed by atoms with Crippen LogP contribution in [0.25, 0.3) is 0 Å². The van der Waals surface area contributed by atoms with Crippen LogP contribution >= 0.6 is 15.9 Å². The summed E-state index contributed by atoms with van der Waals surface area (Å²) in [6, 6.07) is 0. The van der Waals surface area contributed by atoms with E-state index in [9.17, 15) is 8.42 Å². The van der Waals surface area contributed by atoms with Gasteiger partial charge in [0.2, 0.25) is 10.0 Å². The van der Waals surface area contributed by atoms with Crippen LogP contribution < -0.4 is 4.72 Å². The van der Waals surface area contributed by atoms with Crippen molar-refractivity contribution in [3.63, 3.8) is 0 Å². The molecule has 0 aliphatic rings. The normalized spacial score (nSPS) is 14.1. The van der Waals surface area contributed by atoms with Gasteiger partial charge in [-0.3, -0.25) is 0 Å². The fourth-order valence-electron chi connectivity index (χ4n) is 1.02. The minimum Gasteiger partial charge on any atom is -0.385 e. The molecule has 0 heterocycles. The van der Waals surface area contributed by atoms with E-state index in [0.717, 1.165) is 11.8 Å². The number of hydrogen-bond donors (Lipinski definition) is 1. The smallest absolute Gasteiger partial charge is 0.211 e. The molecule has 6 heteroatoms. The highest BCUT2D eigenvalue weighted by Gasteiger charge is 2.11. The van der Waals surface area contributed by atoms with Gasteiger partial charge in [0.25, 0.3) is 0 Å². The fourth-order valence-corrected chi connectivity index (χ4v) is 2.99. The molecule has 0 saturated heterocycles. The molecule has 0 amide bonds. The molecule has 1 atom stereocenters. The van der Waals surface area contributed by atoms with Crippen LogP contribution in [0.1, 0.15) is 19.8 Å². The number of ether oxygens (including phenoxy) is 1. The Balaban J connectivity index is 3.73. The monoisotopic (exact) mass is 301 g/mol. The Morgan fingerprint density at radius 2 is 2.13 bits per heavy atom. The molecular weight excluding hydrogens is 282 g/mol. The van der Waals surface area contributed by atoms with Gasteiger partial charge in [-0.05, 0) is 18.8 Å². The number of methoxy groups -OCH3 is 1. The summed E-state index contributed by atoms with van der Waals surface area (Å²) >= 11 is 3.33. The maximum absolute atomic E-state index is 11.4. The average Bonchev–Trinajstić information content (AvgIpc) is 2.16. The molecule has 0 spiro atoms. The molecule has 0 saturated carbocycles. The van der Waals surface area contributed by atoms with Crippen LogP contribution in [-0.4, -0.2) is 39.8 Å². The second-order valence-corrected chi connectivity index (χ2v) is 6.32. The summed E-state index contributed by atoms with van der Waals surface area (Å²) in [7, 11) is -1.54. The first-order chi connectivity index (χ1) is 7.02. The van der Waals surface area contributed by atoms with Crippen LogP contribution in [0.5, 0.6) is 0 Å². The van der Waals surface area contributed by atoms with Gasteiger partial charge in [0.05, 0.1) is 5.75 Å². The highest BCUT2D eigenvalue weighted by atomic mass is 79.9. The minimum atomic E-state index is -3.11. The van der Waals surface area contributed by atoms with E-state index in [4.69, 9.17) is 4.74 Å². The zero-order valence-electron chi connectivity index (χ0n) is 9.33. The lowest BCUT2D eigenvalue weighted by atomic mass is 10.1. The van der Waals surface area contributed by atoms with Crippen molar-refractivity contribution < 1.29 is 13.2 Å². The Morgan fingerprint density at radius 3 is 2.67 bits per heavy atom. The van der Waals surface area contributed by atoms with Crippen LogP contribution in [0.4, 0.5) is 0 Å². The lowest BCUT2D eigenvalue weighted by Crippen LogP contribution is -2.31. The molecule has 0 rings (SSSR count). The quantitative estimate of drug-likeness (QED) is 0.517. The van der Waals surface area contributed by atoms with Crippen molar-refractivity contribution in [3.05, 3.63) is 0 Å². The lowest BCUT2D eigenvalue weighted by Gasteiger charge is -2.11. The predicted molar refractivity (Wildman–Crippen MR) is 65.9 cm³/mol. The largest absolute Gasteiger partial charge is 0.385 e. The molecular formula is C9H20BrNO3S. The zero-order valence-corrected chi connectivity index (χ0v) is 11.7. The van der Waals surface area contributed by atoms with E-state index < -0.39 is 10.0 Å². The summed E-state index contributed by atoms with van der Waals surface area (Å²) < 4.78 is 30.3. The Kier molecular flexibility index (Phi) is 8.69. The molecule has 92 valence electrons. The molecule has 0 aliphatic heterocycles. The number of nitrogens with one attached hydrogen (secondary N) is 1.